The lowest BCUT2D eigenvalue weighted by Gasteiger charge is -1.80. The molecule has 0 saturated heterocycles. The molecule has 44 valence electrons. The SMILES string of the molecule is CC.COC(C)=O. The maximum Gasteiger partial charge on any atom is 0.302 e. The number of esters is 1. The average molecular weight is 104 g/mol. The molecule has 0 unspecified atom stereocenters. The quantitative estimate of drug-likeness (QED) is 0.432. The van der Waals surface area contributed by atoms with Crippen LogP contribution in [0.5, 0.6) is 0 Å². The fourth-order valence-corrected chi connectivity index (χ4v) is 0. The van der Waals surface area contributed by atoms with Gasteiger partial charge in [-0.2, -0.15) is 0 Å². The first-order chi connectivity index (χ1) is 3.27. The highest BCUT2D eigenvalue weighted by Gasteiger charge is 1.75. The highest BCUT2D eigenvalue weighted by Crippen LogP contribution is 1.60. The number of carbonyl (C=O) groups is 1. The molecular formula is C5H12O2. The number of methoxy groups -OCH3 is 1. The molecule has 0 saturated carbocycles. The number of hydrogen-bond donors (Lipinski definition) is 0. The summed E-state index contributed by atoms with van der Waals surface area (Å²) < 4.78 is 4.11. The third kappa shape index (κ3) is 30.5. The second kappa shape index (κ2) is 9.08. The molecule has 0 radical (unpaired) electrons. The van der Waals surface area contributed by atoms with Crippen molar-refractivity contribution in [2.45, 2.75) is 20.8 Å². The van der Waals surface area contributed by atoms with Gasteiger partial charge < -0.3 is 4.74 Å². The molecule has 0 heterocycles. The third-order valence-electron chi connectivity index (χ3n) is 0.287. The molecule has 0 atom stereocenters. The van der Waals surface area contributed by atoms with Gasteiger partial charge in [-0.05, 0) is 0 Å². The van der Waals surface area contributed by atoms with E-state index >= 15 is 0 Å². The van der Waals surface area contributed by atoms with Crippen LogP contribution >= 0.6 is 0 Å². The molecule has 0 rings (SSSR count). The minimum atomic E-state index is -0.245. The maximum absolute atomic E-state index is 9.59. The molecule has 7 heavy (non-hydrogen) atoms. The Labute approximate surface area is 44.5 Å². The summed E-state index contributed by atoms with van der Waals surface area (Å²) in [6.45, 7) is 5.36. The monoisotopic (exact) mass is 104 g/mol. The Kier molecular flexibility index (Phi) is 12.6. The Morgan fingerprint density at radius 2 is 1.57 bits per heavy atom. The molecule has 0 aromatic rings. The standard InChI is InChI=1S/C3H6O2.C2H6/c1-3(4)5-2;1-2/h1-2H3;1-2H3. The number of ether oxygens (including phenoxy) is 1. The van der Waals surface area contributed by atoms with Crippen LogP contribution in [-0.2, 0) is 9.53 Å². The van der Waals surface area contributed by atoms with Gasteiger partial charge in [-0.25, -0.2) is 0 Å². The highest BCUT2D eigenvalue weighted by molar-refractivity contribution is 5.65. The van der Waals surface area contributed by atoms with Crippen molar-refractivity contribution in [3.8, 4) is 0 Å². The van der Waals surface area contributed by atoms with E-state index in [9.17, 15) is 4.79 Å². The molecule has 2 heteroatoms. The number of rotatable bonds is 0. The zero-order chi connectivity index (χ0) is 6.28. The largest absolute Gasteiger partial charge is 0.469 e. The Hall–Kier alpha value is -0.530. The van der Waals surface area contributed by atoms with E-state index in [4.69, 9.17) is 0 Å². The molecule has 0 aromatic carbocycles. The Bertz CT molecular complexity index is 41.3. The molecule has 0 aromatic heterocycles. The van der Waals surface area contributed by atoms with Gasteiger partial charge in [-0.15, -0.1) is 0 Å². The van der Waals surface area contributed by atoms with Crippen molar-refractivity contribution in [1.29, 1.82) is 0 Å². The minimum Gasteiger partial charge on any atom is -0.469 e. The van der Waals surface area contributed by atoms with Gasteiger partial charge in [-0.1, -0.05) is 13.8 Å². The zero-order valence-corrected chi connectivity index (χ0v) is 5.32. The number of carbonyl (C=O) groups excluding carboxylic acids is 1. The van der Waals surface area contributed by atoms with Gasteiger partial charge in [-0.3, -0.25) is 4.79 Å². The van der Waals surface area contributed by atoms with Crippen LogP contribution in [0, 0.1) is 0 Å². The Balaban J connectivity index is 0. The molecule has 0 N–H and O–H groups in total. The minimum absolute atomic E-state index is 0.245. The summed E-state index contributed by atoms with van der Waals surface area (Å²) in [4.78, 5) is 9.59. The summed E-state index contributed by atoms with van der Waals surface area (Å²) in [6.07, 6.45) is 0. The average Bonchev–Trinajstić information content (AvgIpc) is 1.73. The Morgan fingerprint density at radius 1 is 1.43 bits per heavy atom. The first-order valence-electron chi connectivity index (χ1n) is 2.32. The van der Waals surface area contributed by atoms with Gasteiger partial charge in [0.05, 0.1) is 7.11 Å². The predicted molar refractivity (Wildman–Crippen MR) is 29.0 cm³/mol. The van der Waals surface area contributed by atoms with E-state index in [2.05, 4.69) is 4.74 Å². The smallest absolute Gasteiger partial charge is 0.302 e. The van der Waals surface area contributed by atoms with Crippen molar-refractivity contribution >= 4 is 5.97 Å². The molecule has 0 spiro atoms. The number of hydrogen-bond acceptors (Lipinski definition) is 2. The summed E-state index contributed by atoms with van der Waals surface area (Å²) in [5.41, 5.74) is 0. The van der Waals surface area contributed by atoms with Crippen LogP contribution < -0.4 is 0 Å². The van der Waals surface area contributed by atoms with Gasteiger partial charge in [0, 0.05) is 6.92 Å². The Morgan fingerprint density at radius 3 is 1.57 bits per heavy atom. The third-order valence-corrected chi connectivity index (χ3v) is 0.287. The van der Waals surface area contributed by atoms with E-state index in [1.807, 2.05) is 13.8 Å². The van der Waals surface area contributed by atoms with Crippen molar-refractivity contribution in [3.63, 3.8) is 0 Å². The van der Waals surface area contributed by atoms with E-state index in [-0.39, 0.29) is 5.97 Å². The molecule has 0 aliphatic rings. The van der Waals surface area contributed by atoms with Crippen LogP contribution in [0.2, 0.25) is 0 Å². The van der Waals surface area contributed by atoms with E-state index in [0.29, 0.717) is 0 Å². The van der Waals surface area contributed by atoms with E-state index < -0.39 is 0 Å². The first kappa shape index (κ1) is 9.69. The predicted octanol–water partition coefficient (Wildman–Crippen LogP) is 1.21. The lowest BCUT2D eigenvalue weighted by atomic mass is 10.8. The van der Waals surface area contributed by atoms with Crippen LogP contribution in [0.15, 0.2) is 0 Å². The first-order valence-corrected chi connectivity index (χ1v) is 2.32. The van der Waals surface area contributed by atoms with Crippen LogP contribution in [0.1, 0.15) is 20.8 Å². The molecule has 0 amide bonds. The van der Waals surface area contributed by atoms with Gasteiger partial charge in [0.25, 0.3) is 0 Å². The summed E-state index contributed by atoms with van der Waals surface area (Å²) in [5.74, 6) is -0.245. The van der Waals surface area contributed by atoms with Crippen LogP contribution in [0.25, 0.3) is 0 Å². The van der Waals surface area contributed by atoms with Crippen molar-refractivity contribution in [2.24, 2.45) is 0 Å². The summed E-state index contributed by atoms with van der Waals surface area (Å²) in [7, 11) is 1.35. The molecule has 0 aliphatic carbocycles. The van der Waals surface area contributed by atoms with Crippen LogP contribution in [-0.4, -0.2) is 13.1 Å². The topological polar surface area (TPSA) is 26.3 Å². The van der Waals surface area contributed by atoms with Crippen LogP contribution in [0.3, 0.4) is 0 Å². The molecule has 0 aliphatic heterocycles. The highest BCUT2D eigenvalue weighted by atomic mass is 16.5. The van der Waals surface area contributed by atoms with Gasteiger partial charge in [0.2, 0.25) is 0 Å². The molecular weight excluding hydrogens is 92.1 g/mol. The normalized spacial score (nSPS) is 5.71. The molecule has 2 nitrogen and oxygen atoms in total. The van der Waals surface area contributed by atoms with Crippen molar-refractivity contribution in [1.82, 2.24) is 0 Å². The van der Waals surface area contributed by atoms with E-state index in [0.717, 1.165) is 0 Å². The van der Waals surface area contributed by atoms with Crippen LogP contribution in [0.4, 0.5) is 0 Å². The summed E-state index contributed by atoms with van der Waals surface area (Å²) >= 11 is 0. The van der Waals surface area contributed by atoms with Crippen molar-refractivity contribution in [3.05, 3.63) is 0 Å². The molecule has 0 fully saturated rings. The van der Waals surface area contributed by atoms with Gasteiger partial charge >= 0.3 is 5.97 Å². The summed E-state index contributed by atoms with van der Waals surface area (Å²) in [5, 5.41) is 0. The van der Waals surface area contributed by atoms with Crippen molar-refractivity contribution in [2.75, 3.05) is 7.11 Å². The zero-order valence-electron chi connectivity index (χ0n) is 5.32. The lowest BCUT2D eigenvalue weighted by molar-refractivity contribution is -0.137. The van der Waals surface area contributed by atoms with Gasteiger partial charge in [0.1, 0.15) is 0 Å². The van der Waals surface area contributed by atoms with Gasteiger partial charge in [0.15, 0.2) is 0 Å². The fourth-order valence-electron chi connectivity index (χ4n) is 0. The second-order valence-electron chi connectivity index (χ2n) is 0.696. The lowest BCUT2D eigenvalue weighted by Crippen LogP contribution is -1.88. The van der Waals surface area contributed by atoms with E-state index in [1.54, 1.807) is 0 Å². The second-order valence-corrected chi connectivity index (χ2v) is 0.696. The molecule has 0 bridgehead atoms. The van der Waals surface area contributed by atoms with E-state index in [1.165, 1.54) is 14.0 Å². The van der Waals surface area contributed by atoms with Crippen molar-refractivity contribution < 1.29 is 9.53 Å². The fraction of sp³-hybridized carbons (Fsp3) is 0.800. The maximum atomic E-state index is 9.59. The summed E-state index contributed by atoms with van der Waals surface area (Å²) in [6, 6.07) is 0.